The summed E-state index contributed by atoms with van der Waals surface area (Å²) in [6, 6.07) is 3.81. The first-order chi connectivity index (χ1) is 10.4. The highest BCUT2D eigenvalue weighted by Crippen LogP contribution is 2.36. The number of nitrogens with zero attached hydrogens (tertiary/aromatic N) is 2. The van der Waals surface area contributed by atoms with Crippen LogP contribution in [-0.4, -0.2) is 29.7 Å². The molecule has 0 amide bonds. The second kappa shape index (κ2) is 5.13. The zero-order valence-corrected chi connectivity index (χ0v) is 11.8. The number of aromatic nitrogens is 2. The smallest absolute Gasteiger partial charge is 0.223 e. The Bertz CT molecular complexity index is 621. The van der Waals surface area contributed by atoms with E-state index in [1.54, 1.807) is 6.26 Å². The predicted molar refractivity (Wildman–Crippen MR) is 76.9 cm³/mol. The minimum atomic E-state index is 0.0115. The van der Waals surface area contributed by atoms with Crippen molar-refractivity contribution in [2.45, 2.75) is 25.0 Å². The lowest BCUT2D eigenvalue weighted by atomic mass is 9.81. The largest absolute Gasteiger partial charge is 0.467 e. The molecule has 2 aromatic heterocycles. The van der Waals surface area contributed by atoms with Crippen molar-refractivity contribution in [1.82, 2.24) is 15.3 Å². The van der Waals surface area contributed by atoms with Gasteiger partial charge in [-0.1, -0.05) is 0 Å². The molecule has 1 atom stereocenters. The van der Waals surface area contributed by atoms with Gasteiger partial charge in [0, 0.05) is 18.3 Å². The van der Waals surface area contributed by atoms with E-state index in [-0.39, 0.29) is 5.41 Å². The Morgan fingerprint density at radius 2 is 2.43 bits per heavy atom. The van der Waals surface area contributed by atoms with Gasteiger partial charge in [0.15, 0.2) is 0 Å². The van der Waals surface area contributed by atoms with E-state index in [2.05, 4.69) is 15.6 Å². The van der Waals surface area contributed by atoms with E-state index >= 15 is 0 Å². The van der Waals surface area contributed by atoms with Gasteiger partial charge in [-0.15, -0.1) is 0 Å². The SMILES string of the molecule is c1coc(CNc2ncc3c(n2)C2(CCNC2)COC3)c1. The van der Waals surface area contributed by atoms with Crippen molar-refractivity contribution in [1.29, 1.82) is 0 Å². The second-order valence-electron chi connectivity index (χ2n) is 5.70. The number of furan rings is 1. The van der Waals surface area contributed by atoms with E-state index in [1.807, 2.05) is 18.3 Å². The van der Waals surface area contributed by atoms with Crippen LogP contribution in [0.4, 0.5) is 5.95 Å². The molecule has 0 saturated carbocycles. The van der Waals surface area contributed by atoms with Crippen LogP contribution in [0.2, 0.25) is 0 Å². The van der Waals surface area contributed by atoms with E-state index in [1.165, 1.54) is 0 Å². The highest BCUT2D eigenvalue weighted by atomic mass is 16.5. The Morgan fingerprint density at radius 1 is 1.43 bits per heavy atom. The molecule has 110 valence electrons. The zero-order chi connectivity index (χ0) is 14.1. The molecular formula is C15H18N4O2. The van der Waals surface area contributed by atoms with Crippen LogP contribution in [0.15, 0.2) is 29.0 Å². The van der Waals surface area contributed by atoms with E-state index in [0.29, 0.717) is 19.1 Å². The molecule has 1 fully saturated rings. The van der Waals surface area contributed by atoms with E-state index in [9.17, 15) is 0 Å². The van der Waals surface area contributed by atoms with E-state index in [0.717, 1.165) is 43.1 Å². The molecule has 0 aliphatic carbocycles. The summed E-state index contributed by atoms with van der Waals surface area (Å²) >= 11 is 0. The standard InChI is InChI=1S/C15H18N4O2/c1-2-12(21-5-1)7-18-14-17-6-11-8-20-10-15(13(11)19-14)3-4-16-9-15/h1-2,5-6,16H,3-4,7-10H2,(H,17,18,19). The average molecular weight is 286 g/mol. The summed E-state index contributed by atoms with van der Waals surface area (Å²) in [5.41, 5.74) is 2.25. The molecule has 6 nitrogen and oxygen atoms in total. The molecule has 6 heteroatoms. The summed E-state index contributed by atoms with van der Waals surface area (Å²) in [7, 11) is 0. The summed E-state index contributed by atoms with van der Waals surface area (Å²) < 4.78 is 11.1. The Kier molecular flexibility index (Phi) is 3.12. The molecule has 1 saturated heterocycles. The molecule has 0 radical (unpaired) electrons. The first kappa shape index (κ1) is 12.8. The predicted octanol–water partition coefficient (Wildman–Crippen LogP) is 1.44. The van der Waals surface area contributed by atoms with Crippen LogP contribution < -0.4 is 10.6 Å². The lowest BCUT2D eigenvalue weighted by Crippen LogP contribution is -2.39. The number of hydrogen-bond donors (Lipinski definition) is 2. The zero-order valence-electron chi connectivity index (χ0n) is 11.8. The molecule has 2 aliphatic heterocycles. The summed E-state index contributed by atoms with van der Waals surface area (Å²) in [4.78, 5) is 9.15. The van der Waals surface area contributed by atoms with Crippen LogP contribution in [0.3, 0.4) is 0 Å². The molecular weight excluding hydrogens is 268 g/mol. The van der Waals surface area contributed by atoms with Crippen molar-refractivity contribution in [2.24, 2.45) is 0 Å². The monoisotopic (exact) mass is 286 g/mol. The third-order valence-corrected chi connectivity index (χ3v) is 4.25. The fourth-order valence-corrected chi connectivity index (χ4v) is 3.13. The van der Waals surface area contributed by atoms with Crippen molar-refractivity contribution >= 4 is 5.95 Å². The molecule has 2 N–H and O–H groups in total. The second-order valence-corrected chi connectivity index (χ2v) is 5.70. The van der Waals surface area contributed by atoms with Crippen molar-refractivity contribution in [3.63, 3.8) is 0 Å². The van der Waals surface area contributed by atoms with Crippen LogP contribution in [-0.2, 0) is 23.3 Å². The Balaban J connectivity index is 1.60. The first-order valence-corrected chi connectivity index (χ1v) is 7.27. The number of nitrogens with one attached hydrogen (secondary N) is 2. The van der Waals surface area contributed by atoms with Crippen LogP contribution in [0.5, 0.6) is 0 Å². The van der Waals surface area contributed by atoms with Gasteiger partial charge in [0.05, 0.1) is 37.1 Å². The number of rotatable bonds is 3. The van der Waals surface area contributed by atoms with Crippen LogP contribution in [0.25, 0.3) is 0 Å². The van der Waals surface area contributed by atoms with Gasteiger partial charge in [0.2, 0.25) is 5.95 Å². The highest BCUT2D eigenvalue weighted by Gasteiger charge is 2.41. The van der Waals surface area contributed by atoms with Gasteiger partial charge < -0.3 is 19.8 Å². The van der Waals surface area contributed by atoms with Crippen molar-refractivity contribution in [3.8, 4) is 0 Å². The third kappa shape index (κ3) is 2.30. The minimum absolute atomic E-state index is 0.0115. The molecule has 2 aromatic rings. The minimum Gasteiger partial charge on any atom is -0.467 e. The van der Waals surface area contributed by atoms with E-state index in [4.69, 9.17) is 14.1 Å². The summed E-state index contributed by atoms with van der Waals surface area (Å²) in [6.07, 6.45) is 4.61. The number of anilines is 1. The number of ether oxygens (including phenoxy) is 1. The van der Waals surface area contributed by atoms with Crippen LogP contribution in [0.1, 0.15) is 23.4 Å². The number of hydrogen-bond acceptors (Lipinski definition) is 6. The topological polar surface area (TPSA) is 72.2 Å². The van der Waals surface area contributed by atoms with Gasteiger partial charge in [-0.25, -0.2) is 9.97 Å². The van der Waals surface area contributed by atoms with Crippen molar-refractivity contribution in [2.75, 3.05) is 25.0 Å². The summed E-state index contributed by atoms with van der Waals surface area (Å²) in [5, 5.41) is 6.65. The van der Waals surface area contributed by atoms with Crippen LogP contribution >= 0.6 is 0 Å². The summed E-state index contributed by atoms with van der Waals surface area (Å²) in [6.45, 7) is 3.88. The Hall–Kier alpha value is -1.92. The maximum absolute atomic E-state index is 5.74. The molecule has 0 aromatic carbocycles. The Labute approximate surface area is 122 Å². The molecule has 4 heterocycles. The fraction of sp³-hybridized carbons (Fsp3) is 0.467. The van der Waals surface area contributed by atoms with Gasteiger partial charge in [-0.3, -0.25) is 0 Å². The highest BCUT2D eigenvalue weighted by molar-refractivity contribution is 5.36. The maximum Gasteiger partial charge on any atom is 0.223 e. The molecule has 1 unspecified atom stereocenters. The third-order valence-electron chi connectivity index (χ3n) is 4.25. The van der Waals surface area contributed by atoms with Gasteiger partial charge in [-0.05, 0) is 25.1 Å². The quantitative estimate of drug-likeness (QED) is 0.889. The van der Waals surface area contributed by atoms with E-state index < -0.39 is 0 Å². The average Bonchev–Trinajstić information content (AvgIpc) is 3.18. The van der Waals surface area contributed by atoms with Gasteiger partial charge >= 0.3 is 0 Å². The normalized spacial score (nSPS) is 24.2. The molecule has 1 spiro atoms. The van der Waals surface area contributed by atoms with Crippen LogP contribution in [0, 0.1) is 0 Å². The molecule has 21 heavy (non-hydrogen) atoms. The lowest BCUT2D eigenvalue weighted by Gasteiger charge is -2.33. The molecule has 4 rings (SSSR count). The van der Waals surface area contributed by atoms with Gasteiger partial charge in [-0.2, -0.15) is 0 Å². The Morgan fingerprint density at radius 3 is 3.24 bits per heavy atom. The van der Waals surface area contributed by atoms with Gasteiger partial charge in [0.1, 0.15) is 5.76 Å². The summed E-state index contributed by atoms with van der Waals surface area (Å²) in [5.74, 6) is 1.52. The van der Waals surface area contributed by atoms with Gasteiger partial charge in [0.25, 0.3) is 0 Å². The van der Waals surface area contributed by atoms with Crippen molar-refractivity contribution < 1.29 is 9.15 Å². The maximum atomic E-state index is 5.74. The first-order valence-electron chi connectivity index (χ1n) is 7.27. The lowest BCUT2D eigenvalue weighted by molar-refractivity contribution is 0.0551. The molecule has 0 bridgehead atoms. The fourth-order valence-electron chi connectivity index (χ4n) is 3.13. The molecule has 2 aliphatic rings. The number of fused-ring (bicyclic) bond motifs is 2. The van der Waals surface area contributed by atoms with Crippen molar-refractivity contribution in [3.05, 3.63) is 41.6 Å².